The molecule has 8 heteroatoms. The van der Waals surface area contributed by atoms with E-state index in [1.165, 1.54) is 11.8 Å². The van der Waals surface area contributed by atoms with E-state index >= 15 is 0 Å². The summed E-state index contributed by atoms with van der Waals surface area (Å²) >= 11 is 2.98. The molecule has 0 spiro atoms. The fourth-order valence-electron chi connectivity index (χ4n) is 2.10. The van der Waals surface area contributed by atoms with Crippen molar-refractivity contribution in [2.24, 2.45) is 0 Å². The molecule has 3 N–H and O–H groups in total. The van der Waals surface area contributed by atoms with Gasteiger partial charge in [-0.2, -0.15) is 15.0 Å². The van der Waals surface area contributed by atoms with Crippen molar-refractivity contribution < 1.29 is 0 Å². The summed E-state index contributed by atoms with van der Waals surface area (Å²) in [7, 11) is 0. The Morgan fingerprint density at radius 1 is 0.875 bits per heavy atom. The van der Waals surface area contributed by atoms with Gasteiger partial charge < -0.3 is 11.1 Å². The molecular weight excluding hydrogens is 340 g/mol. The summed E-state index contributed by atoms with van der Waals surface area (Å²) in [6.45, 7) is 0. The first-order chi connectivity index (χ1) is 11.8. The molecule has 0 amide bonds. The van der Waals surface area contributed by atoms with Gasteiger partial charge in [0, 0.05) is 5.69 Å². The van der Waals surface area contributed by atoms with E-state index in [1.807, 2.05) is 54.6 Å². The lowest BCUT2D eigenvalue weighted by Gasteiger charge is -2.06. The zero-order chi connectivity index (χ0) is 16.4. The molecule has 0 aliphatic heterocycles. The maximum atomic E-state index is 5.81. The van der Waals surface area contributed by atoms with Gasteiger partial charge in [-0.05, 0) is 36.0 Å². The number of benzene rings is 2. The van der Waals surface area contributed by atoms with Crippen LogP contribution in [0, 0.1) is 0 Å². The van der Waals surface area contributed by atoms with Crippen LogP contribution in [0.3, 0.4) is 0 Å². The maximum Gasteiger partial charge on any atom is 0.233 e. The van der Waals surface area contributed by atoms with Crippen molar-refractivity contribution in [2.75, 3.05) is 11.1 Å². The van der Waals surface area contributed by atoms with Crippen molar-refractivity contribution in [2.45, 2.75) is 9.50 Å². The molecule has 0 atom stereocenters. The van der Waals surface area contributed by atoms with Crippen molar-refractivity contribution in [3.63, 3.8) is 0 Å². The molecule has 0 saturated heterocycles. The lowest BCUT2D eigenvalue weighted by molar-refractivity contribution is 0.924. The Balaban J connectivity index is 1.61. The molecule has 6 nitrogen and oxygen atoms in total. The van der Waals surface area contributed by atoms with Gasteiger partial charge in [-0.15, -0.1) is 11.3 Å². The molecule has 24 heavy (non-hydrogen) atoms. The van der Waals surface area contributed by atoms with Crippen LogP contribution < -0.4 is 11.1 Å². The molecule has 0 aliphatic carbocycles. The fraction of sp³-hybridized carbons (Fsp3) is 0. The van der Waals surface area contributed by atoms with E-state index in [2.05, 4.69) is 25.3 Å². The second kappa shape index (κ2) is 6.42. The number of nitrogen functional groups attached to an aromatic ring is 1. The third kappa shape index (κ3) is 3.29. The second-order valence-electron chi connectivity index (χ2n) is 4.84. The Hall–Kier alpha value is -2.71. The largest absolute Gasteiger partial charge is 0.368 e. The first kappa shape index (κ1) is 14.9. The van der Waals surface area contributed by atoms with E-state index in [1.54, 1.807) is 11.3 Å². The topological polar surface area (TPSA) is 89.6 Å². The third-order valence-corrected chi connectivity index (χ3v) is 5.08. The first-order valence-electron chi connectivity index (χ1n) is 7.13. The van der Waals surface area contributed by atoms with E-state index in [-0.39, 0.29) is 5.95 Å². The molecule has 0 radical (unpaired) electrons. The summed E-state index contributed by atoms with van der Waals surface area (Å²) in [6.07, 6.45) is 0. The number of nitrogens with zero attached hydrogens (tertiary/aromatic N) is 4. The molecule has 0 saturated carbocycles. The van der Waals surface area contributed by atoms with Gasteiger partial charge in [0.25, 0.3) is 0 Å². The maximum absolute atomic E-state index is 5.81. The van der Waals surface area contributed by atoms with Crippen molar-refractivity contribution in [3.05, 3.63) is 54.6 Å². The molecule has 0 bridgehead atoms. The van der Waals surface area contributed by atoms with Crippen molar-refractivity contribution in [1.82, 2.24) is 19.9 Å². The van der Waals surface area contributed by atoms with Gasteiger partial charge in [0.1, 0.15) is 0 Å². The zero-order valence-electron chi connectivity index (χ0n) is 12.4. The fourth-order valence-corrected chi connectivity index (χ4v) is 4.03. The molecule has 2 heterocycles. The summed E-state index contributed by atoms with van der Waals surface area (Å²) in [5.41, 5.74) is 7.66. The SMILES string of the molecule is Nc1nc(Nc2ccccc2)nc(Sc2nc3ccccc3s2)n1. The summed E-state index contributed by atoms with van der Waals surface area (Å²) < 4.78 is 2.00. The second-order valence-corrected chi connectivity index (χ2v) is 7.09. The molecule has 0 fully saturated rings. The van der Waals surface area contributed by atoms with Crippen LogP contribution in [-0.4, -0.2) is 19.9 Å². The van der Waals surface area contributed by atoms with Crippen molar-refractivity contribution >= 4 is 50.9 Å². The smallest absolute Gasteiger partial charge is 0.233 e. The van der Waals surface area contributed by atoms with Crippen LogP contribution in [0.2, 0.25) is 0 Å². The van der Waals surface area contributed by atoms with Crippen LogP contribution in [0.5, 0.6) is 0 Å². The molecule has 2 aromatic carbocycles. The highest BCUT2D eigenvalue weighted by molar-refractivity contribution is 8.01. The van der Waals surface area contributed by atoms with Crippen molar-refractivity contribution in [1.29, 1.82) is 0 Å². The molecule has 0 unspecified atom stereocenters. The van der Waals surface area contributed by atoms with E-state index < -0.39 is 0 Å². The van der Waals surface area contributed by atoms with Crippen LogP contribution in [0.1, 0.15) is 0 Å². The Kier molecular flexibility index (Phi) is 3.97. The Bertz CT molecular complexity index is 953. The highest BCUT2D eigenvalue weighted by Gasteiger charge is 2.10. The first-order valence-corrected chi connectivity index (χ1v) is 8.77. The zero-order valence-corrected chi connectivity index (χ0v) is 14.0. The minimum absolute atomic E-state index is 0.173. The van der Waals surface area contributed by atoms with Crippen LogP contribution in [0.4, 0.5) is 17.6 Å². The van der Waals surface area contributed by atoms with E-state index in [0.29, 0.717) is 11.1 Å². The number of nitrogens with one attached hydrogen (secondary N) is 1. The number of para-hydroxylation sites is 2. The molecule has 2 aromatic heterocycles. The number of aromatic nitrogens is 4. The lowest BCUT2D eigenvalue weighted by Crippen LogP contribution is -2.04. The normalized spacial score (nSPS) is 10.8. The highest BCUT2D eigenvalue weighted by Crippen LogP contribution is 2.33. The van der Waals surface area contributed by atoms with Gasteiger partial charge in [0.15, 0.2) is 4.34 Å². The summed E-state index contributed by atoms with van der Waals surface area (Å²) in [5.74, 6) is 0.587. The summed E-state index contributed by atoms with van der Waals surface area (Å²) in [4.78, 5) is 17.3. The van der Waals surface area contributed by atoms with Gasteiger partial charge in [0.2, 0.25) is 17.1 Å². The van der Waals surface area contributed by atoms with Crippen LogP contribution >= 0.6 is 23.1 Å². The van der Waals surface area contributed by atoms with Crippen LogP contribution in [0.25, 0.3) is 10.2 Å². The van der Waals surface area contributed by atoms with E-state index in [9.17, 15) is 0 Å². The minimum atomic E-state index is 0.173. The van der Waals surface area contributed by atoms with Gasteiger partial charge in [-0.1, -0.05) is 30.3 Å². The average molecular weight is 352 g/mol. The lowest BCUT2D eigenvalue weighted by atomic mass is 10.3. The van der Waals surface area contributed by atoms with Gasteiger partial charge in [0.05, 0.1) is 10.2 Å². The Morgan fingerprint density at radius 2 is 1.67 bits per heavy atom. The number of rotatable bonds is 4. The average Bonchev–Trinajstić information content (AvgIpc) is 2.97. The van der Waals surface area contributed by atoms with E-state index in [0.717, 1.165) is 20.2 Å². The van der Waals surface area contributed by atoms with Crippen LogP contribution in [0.15, 0.2) is 64.1 Å². The number of thiazole rings is 1. The molecule has 4 aromatic rings. The molecule has 0 aliphatic rings. The van der Waals surface area contributed by atoms with Gasteiger partial charge in [-0.25, -0.2) is 4.98 Å². The Morgan fingerprint density at radius 3 is 2.50 bits per heavy atom. The standard InChI is InChI=1S/C16H12N6S2/c17-13-20-14(18-10-6-2-1-3-7-10)22-15(21-13)24-16-19-11-8-4-5-9-12(11)23-16/h1-9H,(H3,17,18,20,21,22). The predicted molar refractivity (Wildman–Crippen MR) is 97.7 cm³/mol. The number of nitrogens with two attached hydrogens (primary N) is 1. The summed E-state index contributed by atoms with van der Waals surface area (Å²) in [6, 6.07) is 17.7. The number of anilines is 3. The molecular formula is C16H12N6S2. The van der Waals surface area contributed by atoms with Crippen LogP contribution in [-0.2, 0) is 0 Å². The predicted octanol–water partition coefficient (Wildman–Crippen LogP) is 3.96. The monoisotopic (exact) mass is 352 g/mol. The highest BCUT2D eigenvalue weighted by atomic mass is 32.2. The number of hydrogen-bond acceptors (Lipinski definition) is 8. The Labute approximate surface area is 146 Å². The summed E-state index contributed by atoms with van der Waals surface area (Å²) in [5, 5.41) is 3.64. The van der Waals surface area contributed by atoms with Gasteiger partial charge in [-0.3, -0.25) is 0 Å². The number of hydrogen-bond donors (Lipinski definition) is 2. The number of fused-ring (bicyclic) bond motifs is 1. The molecule has 118 valence electrons. The van der Waals surface area contributed by atoms with E-state index in [4.69, 9.17) is 5.73 Å². The quantitative estimate of drug-likeness (QED) is 0.574. The molecule has 4 rings (SSSR count). The van der Waals surface area contributed by atoms with Gasteiger partial charge >= 0.3 is 0 Å². The van der Waals surface area contributed by atoms with Crippen molar-refractivity contribution in [3.8, 4) is 0 Å². The third-order valence-electron chi connectivity index (χ3n) is 3.11. The minimum Gasteiger partial charge on any atom is -0.368 e.